The lowest BCUT2D eigenvalue weighted by Crippen LogP contribution is -2.35. The highest BCUT2D eigenvalue weighted by molar-refractivity contribution is 5.87. The van der Waals surface area contributed by atoms with E-state index in [1.807, 2.05) is 0 Å². The van der Waals surface area contributed by atoms with E-state index in [2.05, 4.69) is 5.32 Å². The number of nitrogens with one attached hydrogen (secondary N) is 1. The summed E-state index contributed by atoms with van der Waals surface area (Å²) in [5.74, 6) is -4.09. The molecule has 0 aliphatic carbocycles. The highest BCUT2D eigenvalue weighted by Gasteiger charge is 2.37. The van der Waals surface area contributed by atoms with Gasteiger partial charge in [-0.25, -0.2) is 13.6 Å². The fourth-order valence-electron chi connectivity index (χ4n) is 3.33. The number of aliphatic hydroxyl groups excluding tert-OH is 2. The molecule has 2 rings (SSSR count). The molecule has 1 aromatic carbocycles. The van der Waals surface area contributed by atoms with Gasteiger partial charge in [-0.3, -0.25) is 10.1 Å². The number of nitro groups is 1. The summed E-state index contributed by atoms with van der Waals surface area (Å²) in [7, 11) is 1.30. The van der Waals surface area contributed by atoms with Crippen LogP contribution in [-0.2, 0) is 4.79 Å². The third-order valence-corrected chi connectivity index (χ3v) is 4.78. The fraction of sp³-hybridized carbons (Fsp3) is 0.588. The molecule has 1 aromatic rings. The first-order valence-corrected chi connectivity index (χ1v) is 9.11. The number of hydrogen-bond donors (Lipinski definition) is 4. The molecule has 1 aliphatic rings. The van der Waals surface area contributed by atoms with Crippen LogP contribution in [0, 0.1) is 21.7 Å². The zero-order valence-electron chi connectivity index (χ0n) is 15.9. The molecule has 0 spiro atoms. The number of carboxylic acids is 1. The van der Waals surface area contributed by atoms with Crippen LogP contribution in [0.15, 0.2) is 0 Å². The van der Waals surface area contributed by atoms with E-state index >= 15 is 8.78 Å². The van der Waals surface area contributed by atoms with Gasteiger partial charge in [0.15, 0.2) is 23.0 Å². The maximum Gasteiger partial charge on any atom is 0.328 e. The molecule has 1 atom stereocenters. The topological polar surface area (TPSA) is 139 Å². The second-order valence-electron chi connectivity index (χ2n) is 6.72. The Morgan fingerprint density at radius 3 is 2.38 bits per heavy atom. The van der Waals surface area contributed by atoms with E-state index in [1.54, 1.807) is 0 Å². The first-order valence-electron chi connectivity index (χ1n) is 9.11. The van der Waals surface area contributed by atoms with E-state index in [1.165, 1.54) is 11.9 Å². The van der Waals surface area contributed by atoms with Gasteiger partial charge in [-0.05, 0) is 19.3 Å². The van der Waals surface area contributed by atoms with Crippen LogP contribution in [-0.4, -0.2) is 72.1 Å². The van der Waals surface area contributed by atoms with Crippen molar-refractivity contribution >= 4 is 28.7 Å². The molecular formula is C17H24F2N4O6. The predicted octanol–water partition coefficient (Wildman–Crippen LogP) is 1.15. The van der Waals surface area contributed by atoms with Crippen molar-refractivity contribution < 1.29 is 33.8 Å². The Hall–Kier alpha value is -2.73. The maximum absolute atomic E-state index is 15.4. The molecule has 12 heteroatoms. The first-order chi connectivity index (χ1) is 13.7. The number of piperidine rings is 1. The zero-order valence-corrected chi connectivity index (χ0v) is 15.9. The van der Waals surface area contributed by atoms with Gasteiger partial charge in [-0.15, -0.1) is 0 Å². The third-order valence-electron chi connectivity index (χ3n) is 4.78. The maximum atomic E-state index is 15.4. The van der Waals surface area contributed by atoms with Gasteiger partial charge in [0.1, 0.15) is 11.7 Å². The quantitative estimate of drug-likeness (QED) is 0.343. The van der Waals surface area contributed by atoms with Crippen molar-refractivity contribution in [3.05, 3.63) is 21.7 Å². The Labute approximate surface area is 165 Å². The van der Waals surface area contributed by atoms with Crippen LogP contribution in [0.3, 0.4) is 0 Å². The molecule has 0 amide bonds. The molecule has 1 fully saturated rings. The van der Waals surface area contributed by atoms with Crippen molar-refractivity contribution in [3.8, 4) is 0 Å². The molecule has 0 saturated carbocycles. The summed E-state index contributed by atoms with van der Waals surface area (Å²) in [5.41, 5.74) is -2.82. The number of carbonyl (C=O) groups is 1. The lowest BCUT2D eigenvalue weighted by molar-refractivity contribution is -0.383. The Morgan fingerprint density at radius 2 is 1.90 bits per heavy atom. The van der Waals surface area contributed by atoms with Crippen molar-refractivity contribution in [1.82, 2.24) is 0 Å². The molecular weight excluding hydrogens is 394 g/mol. The number of halogens is 2. The lowest BCUT2D eigenvalue weighted by Gasteiger charge is -2.31. The summed E-state index contributed by atoms with van der Waals surface area (Å²) in [6.07, 6.45) is 2.18. The van der Waals surface area contributed by atoms with E-state index in [-0.39, 0.29) is 6.54 Å². The number of aliphatic carboxylic acids is 1. The molecule has 0 radical (unpaired) electrons. The second-order valence-corrected chi connectivity index (χ2v) is 6.72. The minimum absolute atomic E-state index is 0.160. The summed E-state index contributed by atoms with van der Waals surface area (Å²) in [6.45, 7) is -0.928. The number of rotatable bonds is 9. The van der Waals surface area contributed by atoms with Crippen molar-refractivity contribution in [2.75, 3.05) is 55.0 Å². The van der Waals surface area contributed by atoms with E-state index in [0.717, 1.165) is 11.3 Å². The van der Waals surface area contributed by atoms with Crippen LogP contribution in [0.5, 0.6) is 0 Å². The van der Waals surface area contributed by atoms with Gasteiger partial charge in [-0.2, -0.15) is 0 Å². The number of likely N-dealkylation sites (N-methyl/N-ethyl adjacent to an activating group) is 1. The highest BCUT2D eigenvalue weighted by atomic mass is 19.1. The highest BCUT2D eigenvalue weighted by Crippen LogP contribution is 2.46. The van der Waals surface area contributed by atoms with Crippen LogP contribution >= 0.6 is 0 Å². The standard InChI is InChI=1S/C17H24F2N4O6/c1-21(7-8-24)14-11(18)13(20-10(9-25)17(26)27)16(23(28)29)15(12(14)19)22-5-3-2-4-6-22/h10,20,24-25H,2-9H2,1H3,(H,26,27)/t10-/m0/s1. The molecule has 1 aliphatic heterocycles. The Morgan fingerprint density at radius 1 is 1.28 bits per heavy atom. The van der Waals surface area contributed by atoms with Crippen molar-refractivity contribution in [2.24, 2.45) is 0 Å². The van der Waals surface area contributed by atoms with Gasteiger partial charge < -0.3 is 30.4 Å². The smallest absolute Gasteiger partial charge is 0.328 e. The number of nitrogens with zero attached hydrogens (tertiary/aromatic N) is 3. The largest absolute Gasteiger partial charge is 0.480 e. The SMILES string of the molecule is CN(CCO)c1c(F)c(N[C@@H](CO)C(=O)O)c([N+](=O)[O-])c(N2CCCCC2)c1F. The summed E-state index contributed by atoms with van der Waals surface area (Å²) in [4.78, 5) is 24.6. The number of aliphatic hydroxyl groups is 2. The van der Waals surface area contributed by atoms with E-state index in [0.29, 0.717) is 25.9 Å². The van der Waals surface area contributed by atoms with Gasteiger partial charge in [0, 0.05) is 26.7 Å². The van der Waals surface area contributed by atoms with Crippen LogP contribution < -0.4 is 15.1 Å². The van der Waals surface area contributed by atoms with Crippen LogP contribution in [0.25, 0.3) is 0 Å². The number of hydrogen-bond acceptors (Lipinski definition) is 8. The summed E-state index contributed by atoms with van der Waals surface area (Å²) >= 11 is 0. The molecule has 0 unspecified atom stereocenters. The Bertz CT molecular complexity index is 773. The number of carboxylic acid groups (broad SMARTS) is 1. The molecule has 1 saturated heterocycles. The van der Waals surface area contributed by atoms with Crippen LogP contribution in [0.2, 0.25) is 0 Å². The minimum atomic E-state index is -1.74. The fourth-order valence-corrected chi connectivity index (χ4v) is 3.33. The normalized spacial score (nSPS) is 15.1. The molecule has 1 heterocycles. The zero-order chi connectivity index (χ0) is 21.7. The van der Waals surface area contributed by atoms with Crippen molar-refractivity contribution in [3.63, 3.8) is 0 Å². The molecule has 10 nitrogen and oxygen atoms in total. The summed E-state index contributed by atoms with van der Waals surface area (Å²) in [6, 6.07) is -1.74. The van der Waals surface area contributed by atoms with Crippen LogP contribution in [0.4, 0.5) is 31.5 Å². The van der Waals surface area contributed by atoms with Gasteiger partial charge >= 0.3 is 11.7 Å². The minimum Gasteiger partial charge on any atom is -0.480 e. The van der Waals surface area contributed by atoms with E-state index in [4.69, 9.17) is 10.2 Å². The average Bonchev–Trinajstić information content (AvgIpc) is 2.67. The Kier molecular flexibility index (Phi) is 7.51. The molecule has 29 heavy (non-hydrogen) atoms. The summed E-state index contributed by atoms with van der Waals surface area (Å²) in [5, 5.41) is 41.5. The van der Waals surface area contributed by atoms with Gasteiger partial charge in [0.05, 0.1) is 18.1 Å². The number of benzene rings is 1. The monoisotopic (exact) mass is 418 g/mol. The van der Waals surface area contributed by atoms with Gasteiger partial charge in [0.25, 0.3) is 0 Å². The molecule has 0 aromatic heterocycles. The van der Waals surface area contributed by atoms with E-state index < -0.39 is 64.5 Å². The number of nitro benzene ring substituents is 1. The second kappa shape index (κ2) is 9.65. The van der Waals surface area contributed by atoms with Gasteiger partial charge in [-0.1, -0.05) is 0 Å². The van der Waals surface area contributed by atoms with Crippen molar-refractivity contribution in [1.29, 1.82) is 0 Å². The first kappa shape index (κ1) is 22.6. The van der Waals surface area contributed by atoms with Crippen molar-refractivity contribution in [2.45, 2.75) is 25.3 Å². The third kappa shape index (κ3) is 4.65. The number of anilines is 3. The predicted molar refractivity (Wildman–Crippen MR) is 102 cm³/mol. The molecule has 4 N–H and O–H groups in total. The van der Waals surface area contributed by atoms with E-state index in [9.17, 15) is 20.0 Å². The average molecular weight is 418 g/mol. The Balaban J connectivity index is 2.78. The van der Waals surface area contributed by atoms with Gasteiger partial charge in [0.2, 0.25) is 0 Å². The summed E-state index contributed by atoms with van der Waals surface area (Å²) < 4.78 is 30.6. The lowest BCUT2D eigenvalue weighted by atomic mass is 10.1. The molecule has 162 valence electrons. The van der Waals surface area contributed by atoms with Crippen LogP contribution in [0.1, 0.15) is 19.3 Å². The molecule has 0 bridgehead atoms.